The zero-order chi connectivity index (χ0) is 36.6. The lowest BCUT2D eigenvalue weighted by Gasteiger charge is -2.36. The number of carbonyl (C=O) groups excluding carboxylic acids is 1. The fourth-order valence-electron chi connectivity index (χ4n) is 8.07. The van der Waals surface area contributed by atoms with Gasteiger partial charge in [0.1, 0.15) is 0 Å². The number of ether oxygens (including phenoxy) is 1. The second-order valence-electron chi connectivity index (χ2n) is 17.0. The molecule has 0 bridgehead atoms. The number of esters is 1. The molecule has 0 aromatic carbocycles. The molecule has 0 spiro atoms. The third kappa shape index (κ3) is 35.8. The van der Waals surface area contributed by atoms with E-state index in [1.807, 2.05) is 0 Å². The minimum Gasteiger partial charge on any atom is -0.465 e. The first-order chi connectivity index (χ1) is 24.5. The van der Waals surface area contributed by atoms with Gasteiger partial charge >= 0.3 is 5.97 Å². The van der Waals surface area contributed by atoms with Gasteiger partial charge in [-0.25, -0.2) is 0 Å². The maximum Gasteiger partial charge on any atom is 0.305 e. The van der Waals surface area contributed by atoms with Gasteiger partial charge < -0.3 is 9.64 Å². The highest BCUT2D eigenvalue weighted by Gasteiger charge is 2.32. The largest absolute Gasteiger partial charge is 0.465 e. The number of unbranched alkanes of at least 4 members (excludes halogenated alkanes) is 32. The maximum atomic E-state index is 13.0. The molecule has 0 fully saturated rings. The van der Waals surface area contributed by atoms with E-state index in [0.717, 1.165) is 13.0 Å². The van der Waals surface area contributed by atoms with Gasteiger partial charge in [0.2, 0.25) is 0 Å². The average molecular weight is 706 g/mol. The first-order valence-electron chi connectivity index (χ1n) is 23.3. The van der Waals surface area contributed by atoms with Crippen LogP contribution in [0.25, 0.3) is 0 Å². The highest BCUT2D eigenvalue weighted by molar-refractivity contribution is 5.69. The Kier molecular flexibility index (Phi) is 39.2. The first kappa shape index (κ1) is 49.4. The van der Waals surface area contributed by atoms with E-state index in [-0.39, 0.29) is 11.4 Å². The molecule has 0 unspecified atom stereocenters. The molecule has 3 nitrogen and oxygen atoms in total. The summed E-state index contributed by atoms with van der Waals surface area (Å²) in [7, 11) is 4.43. The number of carbonyl (C=O) groups is 1. The Morgan fingerprint density at radius 3 is 0.940 bits per heavy atom. The van der Waals surface area contributed by atoms with E-state index in [1.54, 1.807) is 0 Å². The number of hydrogen-bond donors (Lipinski definition) is 0. The van der Waals surface area contributed by atoms with Crippen molar-refractivity contribution in [2.24, 2.45) is 5.41 Å². The molecule has 300 valence electrons. The molecule has 0 aromatic heterocycles. The maximum absolute atomic E-state index is 13.0. The molecule has 0 atom stereocenters. The molecule has 0 aliphatic rings. The fraction of sp³-hybridized carbons (Fsp3) is 0.979. The lowest BCUT2D eigenvalue weighted by atomic mass is 9.78. The van der Waals surface area contributed by atoms with E-state index < -0.39 is 0 Å². The van der Waals surface area contributed by atoms with Crippen LogP contribution >= 0.6 is 0 Å². The summed E-state index contributed by atoms with van der Waals surface area (Å²) in [5.41, 5.74) is 0.104. The topological polar surface area (TPSA) is 29.5 Å². The van der Waals surface area contributed by atoms with Crippen molar-refractivity contribution in [2.45, 2.75) is 265 Å². The molecule has 0 heterocycles. The summed E-state index contributed by atoms with van der Waals surface area (Å²) in [5, 5.41) is 0. The van der Waals surface area contributed by atoms with Crippen LogP contribution in [-0.2, 0) is 9.53 Å². The van der Waals surface area contributed by atoms with Crippen LogP contribution in [0.4, 0.5) is 0 Å². The van der Waals surface area contributed by atoms with Crippen molar-refractivity contribution >= 4 is 5.97 Å². The molecule has 0 radical (unpaired) electrons. The van der Waals surface area contributed by atoms with Crippen molar-refractivity contribution in [1.29, 1.82) is 0 Å². The second-order valence-corrected chi connectivity index (χ2v) is 17.0. The molecular weight excluding hydrogens is 611 g/mol. The van der Waals surface area contributed by atoms with E-state index in [2.05, 4.69) is 39.8 Å². The summed E-state index contributed by atoms with van der Waals surface area (Å²) < 4.78 is 6.15. The van der Waals surface area contributed by atoms with Crippen molar-refractivity contribution < 1.29 is 9.53 Å². The van der Waals surface area contributed by atoms with Gasteiger partial charge in [-0.2, -0.15) is 0 Å². The molecule has 0 N–H and O–H groups in total. The van der Waals surface area contributed by atoms with Crippen LogP contribution in [0.2, 0.25) is 0 Å². The lowest BCUT2D eigenvalue weighted by molar-refractivity contribution is -0.148. The SMILES string of the molecule is CCCCCCCCCCCCCCC(CCCCCCCCCCCCCC)(COC(=O)CCCCCCCCCCCCC)CN(C)C. The second kappa shape index (κ2) is 39.6. The molecule has 0 aliphatic carbocycles. The van der Waals surface area contributed by atoms with Crippen molar-refractivity contribution in [2.75, 3.05) is 27.2 Å². The fourth-order valence-corrected chi connectivity index (χ4v) is 8.07. The summed E-state index contributed by atoms with van der Waals surface area (Å²) in [6.07, 6.45) is 50.8. The molecule has 0 saturated heterocycles. The monoisotopic (exact) mass is 706 g/mol. The molecule has 0 amide bonds. The van der Waals surface area contributed by atoms with E-state index in [0.29, 0.717) is 13.0 Å². The Bertz CT molecular complexity index is 634. The van der Waals surface area contributed by atoms with E-state index in [9.17, 15) is 4.79 Å². The first-order valence-corrected chi connectivity index (χ1v) is 23.3. The number of rotatable bonds is 42. The zero-order valence-corrected chi connectivity index (χ0v) is 35.5. The summed E-state index contributed by atoms with van der Waals surface area (Å²) in [6, 6.07) is 0. The van der Waals surface area contributed by atoms with Crippen LogP contribution < -0.4 is 0 Å². The Labute approximate surface area is 317 Å². The lowest BCUT2D eigenvalue weighted by Crippen LogP contribution is -2.38. The molecular formula is C47H95NO2. The quantitative estimate of drug-likeness (QED) is 0.0468. The summed E-state index contributed by atoms with van der Waals surface area (Å²) >= 11 is 0. The van der Waals surface area contributed by atoms with Crippen molar-refractivity contribution in [1.82, 2.24) is 4.90 Å². The molecule has 0 aliphatic heterocycles. The van der Waals surface area contributed by atoms with Gasteiger partial charge in [0.25, 0.3) is 0 Å². The Balaban J connectivity index is 4.59. The van der Waals surface area contributed by atoms with Gasteiger partial charge in [0.15, 0.2) is 0 Å². The molecule has 0 aromatic rings. The molecule has 0 rings (SSSR count). The van der Waals surface area contributed by atoms with Gasteiger partial charge in [-0.3, -0.25) is 4.79 Å². The molecule has 0 saturated carbocycles. The summed E-state index contributed by atoms with van der Waals surface area (Å²) in [5.74, 6) is 0.0495. The highest BCUT2D eigenvalue weighted by atomic mass is 16.5. The van der Waals surface area contributed by atoms with Crippen LogP contribution in [0.5, 0.6) is 0 Å². The Hall–Kier alpha value is -0.570. The third-order valence-electron chi connectivity index (χ3n) is 11.3. The summed E-state index contributed by atoms with van der Waals surface area (Å²) in [4.78, 5) is 15.3. The van der Waals surface area contributed by atoms with Crippen LogP contribution in [-0.4, -0.2) is 38.1 Å². The van der Waals surface area contributed by atoms with Gasteiger partial charge in [0, 0.05) is 18.4 Å². The van der Waals surface area contributed by atoms with Crippen molar-refractivity contribution in [3.8, 4) is 0 Å². The van der Waals surface area contributed by atoms with Gasteiger partial charge in [-0.15, -0.1) is 0 Å². The predicted octanol–water partition coefficient (Wildman–Crippen LogP) is 16.0. The minimum absolute atomic E-state index is 0.0495. The van der Waals surface area contributed by atoms with Gasteiger partial charge in [0.05, 0.1) is 6.61 Å². The number of nitrogens with zero attached hydrogens (tertiary/aromatic N) is 1. The Morgan fingerprint density at radius 2 is 0.660 bits per heavy atom. The van der Waals surface area contributed by atoms with Crippen molar-refractivity contribution in [3.63, 3.8) is 0 Å². The molecule has 3 heteroatoms. The number of hydrogen-bond acceptors (Lipinski definition) is 3. The van der Waals surface area contributed by atoms with Crippen LogP contribution in [0.15, 0.2) is 0 Å². The zero-order valence-electron chi connectivity index (χ0n) is 35.5. The van der Waals surface area contributed by atoms with Gasteiger partial charge in [-0.05, 0) is 33.4 Å². The van der Waals surface area contributed by atoms with Crippen molar-refractivity contribution in [3.05, 3.63) is 0 Å². The molecule has 50 heavy (non-hydrogen) atoms. The smallest absolute Gasteiger partial charge is 0.305 e. The normalized spacial score (nSPS) is 12.0. The third-order valence-corrected chi connectivity index (χ3v) is 11.3. The van der Waals surface area contributed by atoms with E-state index >= 15 is 0 Å². The Morgan fingerprint density at radius 1 is 0.400 bits per heavy atom. The van der Waals surface area contributed by atoms with E-state index in [1.165, 1.54) is 231 Å². The minimum atomic E-state index is 0.0495. The highest BCUT2D eigenvalue weighted by Crippen LogP contribution is 2.34. The van der Waals surface area contributed by atoms with Crippen LogP contribution in [0.1, 0.15) is 265 Å². The van der Waals surface area contributed by atoms with Crippen LogP contribution in [0, 0.1) is 5.41 Å². The average Bonchev–Trinajstić information content (AvgIpc) is 3.10. The predicted molar refractivity (Wildman–Crippen MR) is 224 cm³/mol. The standard InChI is InChI=1S/C47H95NO2/c1-6-9-12-15-18-21-24-27-30-33-36-39-42-47(44-48(4)5,43-40-37-34-31-28-25-22-19-16-13-10-7-2)45-50-46(49)41-38-35-32-29-26-23-20-17-14-11-8-3/h6-45H2,1-5H3. The van der Waals surface area contributed by atoms with Crippen LogP contribution in [0.3, 0.4) is 0 Å². The summed E-state index contributed by atoms with van der Waals surface area (Å²) in [6.45, 7) is 8.55. The van der Waals surface area contributed by atoms with Gasteiger partial charge in [-0.1, -0.05) is 239 Å². The van der Waals surface area contributed by atoms with E-state index in [4.69, 9.17) is 4.74 Å².